The first-order valence-corrected chi connectivity index (χ1v) is 13.2. The number of carbonyl (C=O) groups excluding carboxylic acids is 3. The van der Waals surface area contributed by atoms with Gasteiger partial charge in [-0.25, -0.2) is 14.4 Å². The zero-order chi connectivity index (χ0) is 26.4. The Bertz CT molecular complexity index is 1020. The number of urea groups is 2. The largest absolute Gasteiger partial charge is 0.463 e. The third-order valence-corrected chi connectivity index (χ3v) is 7.25. The minimum absolute atomic E-state index is 0.0343. The van der Waals surface area contributed by atoms with Crippen LogP contribution in [0.3, 0.4) is 0 Å². The molecule has 2 heterocycles. The van der Waals surface area contributed by atoms with Crippen molar-refractivity contribution < 1.29 is 19.1 Å². The van der Waals surface area contributed by atoms with Crippen molar-refractivity contribution in [3.8, 4) is 0 Å². The average Bonchev–Trinajstić information content (AvgIpc) is 2.84. The second kappa shape index (κ2) is 12.7. The van der Waals surface area contributed by atoms with Gasteiger partial charge in [-0.2, -0.15) is 0 Å². The van der Waals surface area contributed by atoms with E-state index in [4.69, 9.17) is 27.9 Å². The molecule has 1 saturated heterocycles. The molecular formula is C25H35Cl2N5O4. The molecule has 2 aliphatic heterocycles. The lowest BCUT2D eigenvalue weighted by atomic mass is 9.94. The molecule has 2 N–H and O–H groups in total. The molecule has 0 bridgehead atoms. The predicted octanol–water partition coefficient (Wildman–Crippen LogP) is 4.02. The first kappa shape index (κ1) is 28.1. The molecule has 11 heteroatoms. The third-order valence-electron chi connectivity index (χ3n) is 6.41. The Morgan fingerprint density at radius 3 is 2.58 bits per heavy atom. The van der Waals surface area contributed by atoms with Crippen molar-refractivity contribution in [3.63, 3.8) is 0 Å². The van der Waals surface area contributed by atoms with Crippen LogP contribution in [0, 0.1) is 0 Å². The highest BCUT2D eigenvalue weighted by molar-refractivity contribution is 6.42. The van der Waals surface area contributed by atoms with Gasteiger partial charge in [-0.15, -0.1) is 0 Å². The fourth-order valence-electron chi connectivity index (χ4n) is 4.66. The van der Waals surface area contributed by atoms with Gasteiger partial charge in [-0.3, -0.25) is 9.80 Å². The summed E-state index contributed by atoms with van der Waals surface area (Å²) < 4.78 is 5.43. The number of nitrogens with zero attached hydrogens (tertiary/aromatic N) is 3. The van der Waals surface area contributed by atoms with Gasteiger partial charge in [0.05, 0.1) is 28.3 Å². The predicted molar refractivity (Wildman–Crippen MR) is 140 cm³/mol. The van der Waals surface area contributed by atoms with Crippen molar-refractivity contribution in [3.05, 3.63) is 45.1 Å². The molecule has 2 atom stereocenters. The molecule has 2 aliphatic rings. The standard InChI is InChI=1S/C25H35Cl2N5O4/c1-5-11-28-24(34)32-13-12-30(14-16(32)4)15-19-20(23(33)36-7-3)22(29-25(35)31(19)6-2)17-9-8-10-18(26)21(17)27/h8-10,16,22H,5-7,11-15H2,1-4H3,(H,28,34)(H,29,35)/t16-,22-/m0/s1. The highest BCUT2D eigenvalue weighted by Crippen LogP contribution is 2.38. The number of amides is 4. The number of hydrogen-bond acceptors (Lipinski definition) is 5. The molecule has 4 amide bonds. The number of piperazine rings is 1. The maximum Gasteiger partial charge on any atom is 0.338 e. The second-order valence-corrected chi connectivity index (χ2v) is 9.65. The monoisotopic (exact) mass is 539 g/mol. The van der Waals surface area contributed by atoms with Gasteiger partial charge in [0.15, 0.2) is 0 Å². The van der Waals surface area contributed by atoms with Crippen LogP contribution >= 0.6 is 23.2 Å². The molecule has 0 aliphatic carbocycles. The molecule has 1 aromatic rings. The van der Waals surface area contributed by atoms with Gasteiger partial charge in [0.1, 0.15) is 0 Å². The summed E-state index contributed by atoms with van der Waals surface area (Å²) in [5, 5.41) is 6.45. The molecule has 36 heavy (non-hydrogen) atoms. The molecular weight excluding hydrogens is 505 g/mol. The summed E-state index contributed by atoms with van der Waals surface area (Å²) in [7, 11) is 0. The summed E-state index contributed by atoms with van der Waals surface area (Å²) in [5.74, 6) is -0.516. The van der Waals surface area contributed by atoms with Crippen molar-refractivity contribution in [2.75, 3.05) is 45.9 Å². The van der Waals surface area contributed by atoms with E-state index in [9.17, 15) is 14.4 Å². The van der Waals surface area contributed by atoms with Gasteiger partial charge in [0, 0.05) is 51.0 Å². The quantitative estimate of drug-likeness (QED) is 0.486. The maximum atomic E-state index is 13.3. The Kier molecular flexibility index (Phi) is 9.87. The molecule has 198 valence electrons. The van der Waals surface area contributed by atoms with Crippen LogP contribution in [0.2, 0.25) is 10.0 Å². The zero-order valence-corrected chi connectivity index (χ0v) is 22.8. The molecule has 0 unspecified atom stereocenters. The number of carbonyl (C=O) groups is 3. The Morgan fingerprint density at radius 1 is 1.19 bits per heavy atom. The molecule has 0 saturated carbocycles. The van der Waals surface area contributed by atoms with Crippen LogP contribution in [-0.2, 0) is 9.53 Å². The van der Waals surface area contributed by atoms with Gasteiger partial charge < -0.3 is 20.3 Å². The van der Waals surface area contributed by atoms with Crippen LogP contribution in [0.5, 0.6) is 0 Å². The first-order chi connectivity index (χ1) is 17.2. The third kappa shape index (κ3) is 6.07. The van der Waals surface area contributed by atoms with Gasteiger partial charge in [-0.05, 0) is 38.8 Å². The van der Waals surface area contributed by atoms with Crippen LogP contribution in [0.1, 0.15) is 45.7 Å². The Morgan fingerprint density at radius 2 is 1.94 bits per heavy atom. The van der Waals surface area contributed by atoms with Crippen molar-refractivity contribution in [1.82, 2.24) is 25.3 Å². The Balaban J connectivity index is 1.97. The number of rotatable bonds is 8. The van der Waals surface area contributed by atoms with Crippen LogP contribution < -0.4 is 10.6 Å². The number of ether oxygens (including phenoxy) is 1. The fourth-order valence-corrected chi connectivity index (χ4v) is 5.07. The summed E-state index contributed by atoms with van der Waals surface area (Å²) in [6, 6.07) is 3.89. The number of nitrogens with one attached hydrogen (secondary N) is 2. The lowest BCUT2D eigenvalue weighted by molar-refractivity contribution is -0.139. The van der Waals surface area contributed by atoms with Crippen molar-refractivity contribution >= 4 is 41.2 Å². The molecule has 0 spiro atoms. The van der Waals surface area contributed by atoms with Crippen molar-refractivity contribution in [2.45, 2.75) is 46.2 Å². The highest BCUT2D eigenvalue weighted by atomic mass is 35.5. The summed E-state index contributed by atoms with van der Waals surface area (Å²) in [4.78, 5) is 44.5. The Labute approximate surface area is 222 Å². The first-order valence-electron chi connectivity index (χ1n) is 12.4. The van der Waals surface area contributed by atoms with E-state index in [1.54, 1.807) is 30.0 Å². The fraction of sp³-hybridized carbons (Fsp3) is 0.560. The van der Waals surface area contributed by atoms with E-state index in [0.717, 1.165) is 6.42 Å². The van der Waals surface area contributed by atoms with Crippen LogP contribution in [-0.4, -0.2) is 84.6 Å². The number of esters is 1. The number of halogens is 2. The van der Waals surface area contributed by atoms with E-state index in [0.29, 0.717) is 61.1 Å². The number of benzene rings is 1. The van der Waals surface area contributed by atoms with E-state index in [1.807, 2.05) is 25.7 Å². The van der Waals surface area contributed by atoms with Gasteiger partial charge in [0.25, 0.3) is 0 Å². The lowest BCUT2D eigenvalue weighted by Crippen LogP contribution is -2.58. The SMILES string of the molecule is CCCNC(=O)N1CCN(CC2=C(C(=O)OCC)[C@H](c3cccc(Cl)c3Cl)NC(=O)N2CC)C[C@@H]1C. The number of likely N-dealkylation sites (N-methyl/N-ethyl adjacent to an activating group) is 1. The van der Waals surface area contributed by atoms with Crippen molar-refractivity contribution in [1.29, 1.82) is 0 Å². The minimum Gasteiger partial charge on any atom is -0.463 e. The van der Waals surface area contributed by atoms with Crippen LogP contribution in [0.4, 0.5) is 9.59 Å². The van der Waals surface area contributed by atoms with E-state index in [1.165, 1.54) is 0 Å². The van der Waals surface area contributed by atoms with Crippen molar-refractivity contribution in [2.24, 2.45) is 0 Å². The molecule has 3 rings (SSSR count). The summed E-state index contributed by atoms with van der Waals surface area (Å²) in [6.07, 6.45) is 0.873. The minimum atomic E-state index is -0.806. The molecule has 9 nitrogen and oxygen atoms in total. The van der Waals surface area contributed by atoms with E-state index < -0.39 is 12.0 Å². The van der Waals surface area contributed by atoms with Gasteiger partial charge in [0.2, 0.25) is 0 Å². The van der Waals surface area contributed by atoms with E-state index >= 15 is 0 Å². The zero-order valence-electron chi connectivity index (χ0n) is 21.3. The molecule has 1 fully saturated rings. The average molecular weight is 540 g/mol. The second-order valence-electron chi connectivity index (χ2n) is 8.86. The lowest BCUT2D eigenvalue weighted by Gasteiger charge is -2.42. The van der Waals surface area contributed by atoms with E-state index in [2.05, 4.69) is 15.5 Å². The maximum absolute atomic E-state index is 13.3. The van der Waals surface area contributed by atoms with Crippen LogP contribution in [0.15, 0.2) is 29.5 Å². The smallest absolute Gasteiger partial charge is 0.338 e. The summed E-state index contributed by atoms with van der Waals surface area (Å²) in [6.45, 7) is 10.9. The highest BCUT2D eigenvalue weighted by Gasteiger charge is 2.40. The molecule has 0 radical (unpaired) electrons. The van der Waals surface area contributed by atoms with Gasteiger partial charge >= 0.3 is 18.0 Å². The van der Waals surface area contributed by atoms with Crippen LogP contribution in [0.25, 0.3) is 0 Å². The van der Waals surface area contributed by atoms with Gasteiger partial charge in [-0.1, -0.05) is 42.3 Å². The topological polar surface area (TPSA) is 94.2 Å². The number of hydrogen-bond donors (Lipinski definition) is 2. The normalized spacial score (nSPS) is 20.9. The summed E-state index contributed by atoms with van der Waals surface area (Å²) >= 11 is 12.8. The Hall–Kier alpha value is -2.49. The van der Waals surface area contributed by atoms with E-state index in [-0.39, 0.29) is 29.7 Å². The molecule has 0 aromatic heterocycles. The molecule has 1 aromatic carbocycles. The summed E-state index contributed by atoms with van der Waals surface area (Å²) in [5.41, 5.74) is 1.43.